The van der Waals surface area contributed by atoms with Crippen molar-refractivity contribution >= 4 is 14.1 Å². The van der Waals surface area contributed by atoms with Crippen LogP contribution in [0.3, 0.4) is 0 Å². The van der Waals surface area contributed by atoms with Crippen molar-refractivity contribution in [2.24, 2.45) is 0 Å². The second-order valence-electron chi connectivity index (χ2n) is 6.94. The van der Waals surface area contributed by atoms with Gasteiger partial charge in [-0.05, 0) is 47.1 Å². The first-order chi connectivity index (χ1) is 9.94. The Bertz CT molecular complexity index is 534. The fourth-order valence-electron chi connectivity index (χ4n) is 1.67. The number of phosphoric ester groups is 1. The van der Waals surface area contributed by atoms with Crippen LogP contribution in [0.2, 0.25) is 0 Å². The van der Waals surface area contributed by atoms with Gasteiger partial charge < -0.3 is 0 Å². The van der Waals surface area contributed by atoms with Crippen LogP contribution in [0.25, 0.3) is 0 Å². The third kappa shape index (κ3) is 6.84. The van der Waals surface area contributed by atoms with E-state index in [9.17, 15) is 9.36 Å². The fourth-order valence-corrected chi connectivity index (χ4v) is 3.45. The van der Waals surface area contributed by atoms with E-state index in [2.05, 4.69) is 0 Å². The molecule has 0 spiro atoms. The maximum Gasteiger partial charge on any atom is 0.476 e. The SMILES string of the molecule is CC(C)(C)OP(=O)(OCc1ccccc1C=O)OC(C)(C)C. The van der Waals surface area contributed by atoms with Crippen LogP contribution in [0.15, 0.2) is 24.3 Å². The van der Waals surface area contributed by atoms with Crippen molar-refractivity contribution in [3.8, 4) is 0 Å². The molecule has 1 aromatic rings. The zero-order valence-corrected chi connectivity index (χ0v) is 15.0. The predicted molar refractivity (Wildman–Crippen MR) is 85.9 cm³/mol. The molecule has 1 aromatic carbocycles. The maximum absolute atomic E-state index is 12.9. The third-order valence-electron chi connectivity index (χ3n) is 2.33. The summed E-state index contributed by atoms with van der Waals surface area (Å²) in [6.07, 6.45) is 0.735. The van der Waals surface area contributed by atoms with Gasteiger partial charge in [-0.3, -0.25) is 18.4 Å². The summed E-state index contributed by atoms with van der Waals surface area (Å²) >= 11 is 0. The van der Waals surface area contributed by atoms with Crippen LogP contribution in [0, 0.1) is 0 Å². The molecular formula is C16H25O5P. The highest BCUT2D eigenvalue weighted by atomic mass is 31.2. The van der Waals surface area contributed by atoms with Crippen molar-refractivity contribution in [1.29, 1.82) is 0 Å². The molecule has 0 N–H and O–H groups in total. The standard InChI is InChI=1S/C16H25O5P/c1-15(2,3)20-22(18,21-16(4,5)6)19-12-14-10-8-7-9-13(14)11-17/h7-11H,12H2,1-6H3. The van der Waals surface area contributed by atoms with Gasteiger partial charge in [0.2, 0.25) is 0 Å². The second-order valence-corrected chi connectivity index (χ2v) is 8.46. The molecule has 0 saturated heterocycles. The fraction of sp³-hybridized carbons (Fsp3) is 0.562. The Morgan fingerprint density at radius 1 is 1.00 bits per heavy atom. The summed E-state index contributed by atoms with van der Waals surface area (Å²) in [5.41, 5.74) is -0.260. The van der Waals surface area contributed by atoms with E-state index in [0.29, 0.717) is 11.1 Å². The molecular weight excluding hydrogens is 303 g/mol. The summed E-state index contributed by atoms with van der Waals surface area (Å²) in [5.74, 6) is 0. The first kappa shape index (κ1) is 19.0. The van der Waals surface area contributed by atoms with Crippen molar-refractivity contribution < 1.29 is 22.9 Å². The number of hydrogen-bond acceptors (Lipinski definition) is 5. The molecule has 0 aromatic heterocycles. The highest BCUT2D eigenvalue weighted by Gasteiger charge is 2.37. The minimum absolute atomic E-state index is 0.0294. The number of carbonyl (C=O) groups is 1. The third-order valence-corrected chi connectivity index (χ3v) is 4.32. The number of hydrogen-bond donors (Lipinski definition) is 0. The lowest BCUT2D eigenvalue weighted by Gasteiger charge is -2.31. The van der Waals surface area contributed by atoms with Gasteiger partial charge in [0.25, 0.3) is 0 Å². The van der Waals surface area contributed by atoms with Crippen molar-refractivity contribution in [3.63, 3.8) is 0 Å². The number of carbonyl (C=O) groups excluding carboxylic acids is 1. The molecule has 6 heteroatoms. The van der Waals surface area contributed by atoms with Crippen LogP contribution in [-0.2, 0) is 24.7 Å². The van der Waals surface area contributed by atoms with Crippen molar-refractivity contribution in [1.82, 2.24) is 0 Å². The minimum atomic E-state index is -3.77. The van der Waals surface area contributed by atoms with Gasteiger partial charge in [0.05, 0.1) is 17.8 Å². The molecule has 0 unspecified atom stereocenters. The molecule has 5 nitrogen and oxygen atoms in total. The summed E-state index contributed by atoms with van der Waals surface area (Å²) in [5, 5.41) is 0. The first-order valence-corrected chi connectivity index (χ1v) is 8.59. The minimum Gasteiger partial charge on any atom is -0.298 e. The maximum atomic E-state index is 12.9. The quantitative estimate of drug-likeness (QED) is 0.557. The smallest absolute Gasteiger partial charge is 0.298 e. The number of aldehydes is 1. The van der Waals surface area contributed by atoms with Crippen LogP contribution in [0.5, 0.6) is 0 Å². The molecule has 0 amide bonds. The van der Waals surface area contributed by atoms with E-state index in [1.807, 2.05) is 0 Å². The van der Waals surface area contributed by atoms with Crippen LogP contribution >= 0.6 is 7.82 Å². The normalized spacial score (nSPS) is 13.2. The van der Waals surface area contributed by atoms with E-state index in [4.69, 9.17) is 13.6 Å². The van der Waals surface area contributed by atoms with Gasteiger partial charge in [0.15, 0.2) is 0 Å². The molecule has 0 bridgehead atoms. The topological polar surface area (TPSA) is 61.8 Å². The molecule has 0 atom stereocenters. The molecule has 0 fully saturated rings. The molecule has 0 aliphatic heterocycles. The molecule has 0 heterocycles. The average molecular weight is 328 g/mol. The molecule has 0 aliphatic rings. The zero-order chi connectivity index (χ0) is 17.0. The predicted octanol–water partition coefficient (Wildman–Crippen LogP) is 4.75. The van der Waals surface area contributed by atoms with Crippen molar-refractivity contribution in [2.45, 2.75) is 59.4 Å². The number of rotatable bonds is 6. The lowest BCUT2D eigenvalue weighted by Crippen LogP contribution is -2.24. The van der Waals surface area contributed by atoms with E-state index in [0.717, 1.165) is 6.29 Å². The van der Waals surface area contributed by atoms with E-state index < -0.39 is 19.0 Å². The summed E-state index contributed by atoms with van der Waals surface area (Å²) in [4.78, 5) is 11.0. The zero-order valence-electron chi connectivity index (χ0n) is 14.1. The van der Waals surface area contributed by atoms with Gasteiger partial charge in [-0.15, -0.1) is 0 Å². The Hall–Kier alpha value is -1.00. The Kier molecular flexibility index (Phi) is 6.10. The largest absolute Gasteiger partial charge is 0.476 e. The van der Waals surface area contributed by atoms with Gasteiger partial charge in [-0.25, -0.2) is 4.57 Å². The lowest BCUT2D eigenvalue weighted by atomic mass is 10.1. The van der Waals surface area contributed by atoms with Crippen molar-refractivity contribution in [3.05, 3.63) is 35.4 Å². The second kappa shape index (κ2) is 7.05. The van der Waals surface area contributed by atoms with Crippen molar-refractivity contribution in [2.75, 3.05) is 0 Å². The summed E-state index contributed by atoms with van der Waals surface area (Å²) < 4.78 is 29.4. The van der Waals surface area contributed by atoms with E-state index in [1.165, 1.54) is 0 Å². The summed E-state index contributed by atoms with van der Waals surface area (Å²) in [6, 6.07) is 6.95. The van der Waals surface area contributed by atoms with E-state index in [1.54, 1.807) is 65.8 Å². The highest BCUT2D eigenvalue weighted by molar-refractivity contribution is 7.48. The molecule has 1 rings (SSSR count). The monoisotopic (exact) mass is 328 g/mol. The first-order valence-electron chi connectivity index (χ1n) is 7.13. The molecule has 22 heavy (non-hydrogen) atoms. The van der Waals surface area contributed by atoms with Crippen LogP contribution in [0.1, 0.15) is 57.5 Å². The Labute approximate surface area is 132 Å². The van der Waals surface area contributed by atoms with E-state index in [-0.39, 0.29) is 6.61 Å². The summed E-state index contributed by atoms with van der Waals surface area (Å²) in [7, 11) is -3.77. The highest BCUT2D eigenvalue weighted by Crippen LogP contribution is 2.55. The van der Waals surface area contributed by atoms with Gasteiger partial charge in [-0.2, -0.15) is 0 Å². The molecule has 0 aliphatic carbocycles. The van der Waals surface area contributed by atoms with Gasteiger partial charge in [-0.1, -0.05) is 24.3 Å². The number of phosphoric acid groups is 1. The average Bonchev–Trinajstić information content (AvgIpc) is 2.32. The summed E-state index contributed by atoms with van der Waals surface area (Å²) in [6.45, 7) is 10.6. The van der Waals surface area contributed by atoms with E-state index >= 15 is 0 Å². The van der Waals surface area contributed by atoms with Crippen LogP contribution in [0.4, 0.5) is 0 Å². The number of benzene rings is 1. The Balaban J connectivity index is 2.94. The van der Waals surface area contributed by atoms with Gasteiger partial charge in [0, 0.05) is 5.56 Å². The Morgan fingerprint density at radius 2 is 1.50 bits per heavy atom. The van der Waals surface area contributed by atoms with Crippen LogP contribution in [-0.4, -0.2) is 17.5 Å². The van der Waals surface area contributed by atoms with Gasteiger partial charge in [0.1, 0.15) is 6.29 Å². The van der Waals surface area contributed by atoms with Gasteiger partial charge >= 0.3 is 7.82 Å². The Morgan fingerprint density at radius 3 is 1.95 bits per heavy atom. The molecule has 0 radical (unpaired) electrons. The van der Waals surface area contributed by atoms with Crippen LogP contribution < -0.4 is 0 Å². The molecule has 124 valence electrons. The lowest BCUT2D eigenvalue weighted by molar-refractivity contribution is 0.000774. The molecule has 0 saturated carbocycles.